The molecule has 2 rings (SSSR count). The minimum atomic E-state index is -3.42. The number of amides is 1. The highest BCUT2D eigenvalue weighted by Crippen LogP contribution is 2.16. The summed E-state index contributed by atoms with van der Waals surface area (Å²) in [6.45, 7) is 0.0834. The van der Waals surface area contributed by atoms with Gasteiger partial charge in [0.2, 0.25) is 5.91 Å². The third-order valence-corrected chi connectivity index (χ3v) is 5.05. The van der Waals surface area contributed by atoms with Crippen molar-refractivity contribution in [3.63, 3.8) is 0 Å². The first-order valence-electron chi connectivity index (χ1n) is 7.19. The number of carbonyl (C=O) groups is 1. The minimum Gasteiger partial charge on any atom is -0.497 e. The maximum absolute atomic E-state index is 12.2. The summed E-state index contributed by atoms with van der Waals surface area (Å²) in [5, 5.41) is 2.64. The average Bonchev–Trinajstić information content (AvgIpc) is 2.55. The van der Waals surface area contributed by atoms with Gasteiger partial charge in [0.1, 0.15) is 5.75 Å². The molecule has 0 aliphatic heterocycles. The zero-order valence-corrected chi connectivity index (χ0v) is 13.7. The smallest absolute Gasteiger partial charge is 0.224 e. The first kappa shape index (κ1) is 17.0. The van der Waals surface area contributed by atoms with Crippen molar-refractivity contribution >= 4 is 15.7 Å². The van der Waals surface area contributed by atoms with Crippen LogP contribution in [0.15, 0.2) is 59.5 Å². The van der Waals surface area contributed by atoms with Crippen molar-refractivity contribution in [2.24, 2.45) is 0 Å². The number of benzene rings is 2. The van der Waals surface area contributed by atoms with Gasteiger partial charge in [-0.1, -0.05) is 30.3 Å². The van der Waals surface area contributed by atoms with Gasteiger partial charge in [-0.05, 0) is 29.8 Å². The lowest BCUT2D eigenvalue weighted by Gasteiger charge is -2.07. The summed E-state index contributed by atoms with van der Waals surface area (Å²) in [6, 6.07) is 15.5. The fraction of sp³-hybridized carbons (Fsp3) is 0.235. The van der Waals surface area contributed by atoms with E-state index in [4.69, 9.17) is 4.74 Å². The Morgan fingerprint density at radius 2 is 1.70 bits per heavy atom. The van der Waals surface area contributed by atoms with Crippen LogP contribution in [-0.4, -0.2) is 33.7 Å². The van der Waals surface area contributed by atoms with E-state index in [2.05, 4.69) is 5.32 Å². The Hall–Kier alpha value is -2.34. The van der Waals surface area contributed by atoms with Gasteiger partial charge in [0, 0.05) is 6.54 Å². The molecule has 0 atom stereocenters. The molecule has 2 aromatic carbocycles. The van der Waals surface area contributed by atoms with Crippen molar-refractivity contribution in [3.8, 4) is 5.75 Å². The van der Waals surface area contributed by atoms with Gasteiger partial charge in [0.25, 0.3) is 0 Å². The number of rotatable bonds is 7. The SMILES string of the molecule is COc1ccc(S(=O)(=O)CCNC(=O)Cc2ccccc2)cc1. The molecule has 0 fully saturated rings. The molecule has 0 bridgehead atoms. The molecule has 1 amide bonds. The summed E-state index contributed by atoms with van der Waals surface area (Å²) in [5.74, 6) is 0.265. The molecule has 0 radical (unpaired) electrons. The van der Waals surface area contributed by atoms with Crippen molar-refractivity contribution in [2.45, 2.75) is 11.3 Å². The molecule has 0 heterocycles. The Labute approximate surface area is 136 Å². The predicted octanol–water partition coefficient (Wildman–Crippen LogP) is 1.83. The Morgan fingerprint density at radius 3 is 2.30 bits per heavy atom. The van der Waals surface area contributed by atoms with E-state index in [1.807, 2.05) is 30.3 Å². The van der Waals surface area contributed by atoms with Crippen LogP contribution in [0.3, 0.4) is 0 Å². The summed E-state index contributed by atoms with van der Waals surface area (Å²) >= 11 is 0. The summed E-state index contributed by atoms with van der Waals surface area (Å²) in [5.41, 5.74) is 0.892. The summed E-state index contributed by atoms with van der Waals surface area (Å²) in [4.78, 5) is 12.0. The number of carbonyl (C=O) groups excluding carboxylic acids is 1. The fourth-order valence-electron chi connectivity index (χ4n) is 2.07. The monoisotopic (exact) mass is 333 g/mol. The standard InChI is InChI=1S/C17H19NO4S/c1-22-15-7-9-16(10-8-15)23(20,21)12-11-18-17(19)13-14-5-3-2-4-6-14/h2-10H,11-13H2,1H3,(H,18,19). The van der Waals surface area contributed by atoms with Crippen LogP contribution in [0.25, 0.3) is 0 Å². The number of sulfone groups is 1. The molecular weight excluding hydrogens is 314 g/mol. The lowest BCUT2D eigenvalue weighted by atomic mass is 10.1. The van der Waals surface area contributed by atoms with Gasteiger partial charge in [0.15, 0.2) is 9.84 Å². The van der Waals surface area contributed by atoms with E-state index < -0.39 is 9.84 Å². The van der Waals surface area contributed by atoms with Crippen LogP contribution in [-0.2, 0) is 21.1 Å². The Balaban J connectivity index is 1.85. The second-order valence-electron chi connectivity index (χ2n) is 5.01. The quantitative estimate of drug-likeness (QED) is 0.839. The maximum Gasteiger partial charge on any atom is 0.224 e. The number of methoxy groups -OCH3 is 1. The van der Waals surface area contributed by atoms with Crippen LogP contribution < -0.4 is 10.1 Å². The highest BCUT2D eigenvalue weighted by molar-refractivity contribution is 7.91. The van der Waals surface area contributed by atoms with E-state index in [9.17, 15) is 13.2 Å². The van der Waals surface area contributed by atoms with Gasteiger partial charge in [0.05, 0.1) is 24.2 Å². The summed E-state index contributed by atoms with van der Waals surface area (Å²) in [6.07, 6.45) is 0.240. The Morgan fingerprint density at radius 1 is 1.04 bits per heavy atom. The van der Waals surface area contributed by atoms with Gasteiger partial charge in [-0.25, -0.2) is 8.42 Å². The van der Waals surface area contributed by atoms with Crippen LogP contribution in [0.5, 0.6) is 5.75 Å². The molecule has 1 N–H and O–H groups in total. The van der Waals surface area contributed by atoms with Crippen LogP contribution in [0, 0.1) is 0 Å². The molecular formula is C17H19NO4S. The molecule has 6 heteroatoms. The van der Waals surface area contributed by atoms with E-state index in [1.165, 1.54) is 19.2 Å². The second-order valence-corrected chi connectivity index (χ2v) is 7.12. The normalized spacial score (nSPS) is 11.0. The van der Waals surface area contributed by atoms with Crippen molar-refractivity contribution in [1.82, 2.24) is 5.32 Å². The van der Waals surface area contributed by atoms with Gasteiger partial charge in [-0.3, -0.25) is 4.79 Å². The van der Waals surface area contributed by atoms with E-state index in [1.54, 1.807) is 12.1 Å². The van der Waals surface area contributed by atoms with E-state index in [0.717, 1.165) is 5.56 Å². The number of nitrogens with one attached hydrogen (secondary N) is 1. The molecule has 5 nitrogen and oxygen atoms in total. The zero-order valence-electron chi connectivity index (χ0n) is 12.9. The molecule has 0 saturated heterocycles. The van der Waals surface area contributed by atoms with Crippen molar-refractivity contribution in [3.05, 3.63) is 60.2 Å². The van der Waals surface area contributed by atoms with Gasteiger partial charge in [-0.2, -0.15) is 0 Å². The molecule has 0 unspecified atom stereocenters. The lowest BCUT2D eigenvalue weighted by molar-refractivity contribution is -0.120. The molecule has 0 aliphatic rings. The molecule has 0 aromatic heterocycles. The molecule has 0 aliphatic carbocycles. The number of ether oxygens (including phenoxy) is 1. The van der Waals surface area contributed by atoms with Crippen LogP contribution in [0.1, 0.15) is 5.56 Å². The Kier molecular flexibility index (Phi) is 5.76. The van der Waals surface area contributed by atoms with Crippen molar-refractivity contribution in [2.75, 3.05) is 19.4 Å². The zero-order chi connectivity index (χ0) is 16.7. The topological polar surface area (TPSA) is 72.5 Å². The predicted molar refractivity (Wildman–Crippen MR) is 88.2 cm³/mol. The first-order chi connectivity index (χ1) is 11.0. The fourth-order valence-corrected chi connectivity index (χ4v) is 3.23. The maximum atomic E-state index is 12.2. The summed E-state index contributed by atoms with van der Waals surface area (Å²) in [7, 11) is -1.90. The highest BCUT2D eigenvalue weighted by atomic mass is 32.2. The molecule has 122 valence electrons. The van der Waals surface area contributed by atoms with E-state index in [0.29, 0.717) is 5.75 Å². The second kappa shape index (κ2) is 7.78. The van der Waals surface area contributed by atoms with Crippen LogP contribution >= 0.6 is 0 Å². The van der Waals surface area contributed by atoms with Crippen molar-refractivity contribution in [1.29, 1.82) is 0 Å². The van der Waals surface area contributed by atoms with E-state index >= 15 is 0 Å². The average molecular weight is 333 g/mol. The number of hydrogen-bond donors (Lipinski definition) is 1. The Bertz CT molecular complexity index is 740. The van der Waals surface area contributed by atoms with Crippen molar-refractivity contribution < 1.29 is 17.9 Å². The first-order valence-corrected chi connectivity index (χ1v) is 8.84. The molecule has 0 saturated carbocycles. The lowest BCUT2D eigenvalue weighted by Crippen LogP contribution is -2.30. The third kappa shape index (κ3) is 5.10. The largest absolute Gasteiger partial charge is 0.497 e. The highest BCUT2D eigenvalue weighted by Gasteiger charge is 2.14. The molecule has 23 heavy (non-hydrogen) atoms. The van der Waals surface area contributed by atoms with Crippen LogP contribution in [0.2, 0.25) is 0 Å². The van der Waals surface area contributed by atoms with Gasteiger partial charge < -0.3 is 10.1 Å². The van der Waals surface area contributed by atoms with Gasteiger partial charge in [-0.15, -0.1) is 0 Å². The molecule has 0 spiro atoms. The van der Waals surface area contributed by atoms with Crippen LogP contribution in [0.4, 0.5) is 0 Å². The minimum absolute atomic E-state index is 0.0834. The number of hydrogen-bond acceptors (Lipinski definition) is 4. The summed E-state index contributed by atoms with van der Waals surface area (Å²) < 4.78 is 29.4. The molecule has 2 aromatic rings. The van der Waals surface area contributed by atoms with Gasteiger partial charge >= 0.3 is 0 Å². The van der Waals surface area contributed by atoms with E-state index in [-0.39, 0.29) is 29.5 Å². The third-order valence-electron chi connectivity index (χ3n) is 3.32.